The summed E-state index contributed by atoms with van der Waals surface area (Å²) in [6.45, 7) is 0.178. The van der Waals surface area contributed by atoms with E-state index in [9.17, 15) is 19.7 Å². The molecule has 0 fully saturated rings. The zero-order valence-corrected chi connectivity index (χ0v) is 14.4. The third-order valence-corrected chi connectivity index (χ3v) is 4.24. The van der Waals surface area contributed by atoms with Crippen molar-refractivity contribution in [2.45, 2.75) is 4.90 Å². The Balaban J connectivity index is 1.90. The van der Waals surface area contributed by atoms with E-state index in [0.717, 1.165) is 23.4 Å². The van der Waals surface area contributed by atoms with Crippen LogP contribution in [0.2, 0.25) is 0 Å². The lowest BCUT2D eigenvalue weighted by atomic mass is 10.2. The van der Waals surface area contributed by atoms with E-state index in [4.69, 9.17) is 5.73 Å². The van der Waals surface area contributed by atoms with Crippen LogP contribution in [0.1, 0.15) is 15.9 Å². The highest BCUT2D eigenvalue weighted by Gasteiger charge is 2.17. The number of nitrogens with two attached hydrogens (primary N) is 1. The summed E-state index contributed by atoms with van der Waals surface area (Å²) in [5.41, 5.74) is 5.75. The van der Waals surface area contributed by atoms with Gasteiger partial charge in [-0.1, -0.05) is 30.0 Å². The molecular formula is C18H15N3O4S. The van der Waals surface area contributed by atoms with Gasteiger partial charge in [0, 0.05) is 17.2 Å². The van der Waals surface area contributed by atoms with Crippen molar-refractivity contribution in [2.24, 2.45) is 5.73 Å². The molecule has 2 aromatic carbocycles. The van der Waals surface area contributed by atoms with Crippen LogP contribution in [0.25, 0.3) is 0 Å². The highest BCUT2D eigenvalue weighted by molar-refractivity contribution is 8.00. The van der Waals surface area contributed by atoms with Gasteiger partial charge in [0.25, 0.3) is 5.69 Å². The van der Waals surface area contributed by atoms with Gasteiger partial charge in [-0.2, -0.15) is 0 Å². The van der Waals surface area contributed by atoms with E-state index in [1.54, 1.807) is 0 Å². The second-order valence-electron chi connectivity index (χ2n) is 5.04. The van der Waals surface area contributed by atoms with Crippen LogP contribution in [-0.4, -0.2) is 29.0 Å². The van der Waals surface area contributed by atoms with Crippen LogP contribution in [0.15, 0.2) is 53.4 Å². The van der Waals surface area contributed by atoms with Crippen molar-refractivity contribution in [2.75, 3.05) is 12.3 Å². The van der Waals surface area contributed by atoms with E-state index < -0.39 is 10.8 Å². The van der Waals surface area contributed by atoms with Crippen LogP contribution < -0.4 is 11.1 Å². The Hall–Kier alpha value is -3.31. The Labute approximate surface area is 154 Å². The average Bonchev–Trinajstić information content (AvgIpc) is 2.64. The van der Waals surface area contributed by atoms with Crippen LogP contribution in [-0.2, 0) is 4.79 Å². The van der Waals surface area contributed by atoms with Crippen molar-refractivity contribution in [1.29, 1.82) is 0 Å². The minimum atomic E-state index is -0.751. The summed E-state index contributed by atoms with van der Waals surface area (Å²) in [4.78, 5) is 33.7. The number of primary amides is 1. The molecular weight excluding hydrogens is 354 g/mol. The van der Waals surface area contributed by atoms with Gasteiger partial charge in [0.15, 0.2) is 0 Å². The number of hydrogen-bond donors (Lipinski definition) is 2. The quantitative estimate of drug-likeness (QED) is 0.349. The fourth-order valence-electron chi connectivity index (χ4n) is 1.94. The van der Waals surface area contributed by atoms with E-state index in [-0.39, 0.29) is 34.4 Å². The predicted molar refractivity (Wildman–Crippen MR) is 98.7 cm³/mol. The number of nitrogens with zero attached hydrogens (tertiary/aromatic N) is 1. The van der Waals surface area contributed by atoms with E-state index in [0.29, 0.717) is 0 Å². The van der Waals surface area contributed by atoms with E-state index in [2.05, 4.69) is 17.2 Å². The number of carbonyl (C=O) groups excluding carboxylic acids is 2. The SMILES string of the molecule is NC(=O)c1ccc(SCC(=O)NCC#Cc2ccccc2)c([N+](=O)[O-])c1. The van der Waals surface area contributed by atoms with E-state index in [1.165, 1.54) is 12.1 Å². The molecule has 0 aliphatic carbocycles. The van der Waals surface area contributed by atoms with Crippen molar-refractivity contribution in [3.05, 3.63) is 69.8 Å². The van der Waals surface area contributed by atoms with Gasteiger partial charge in [0.1, 0.15) is 0 Å². The lowest BCUT2D eigenvalue weighted by Crippen LogP contribution is -2.25. The fraction of sp³-hybridized carbons (Fsp3) is 0.111. The van der Waals surface area contributed by atoms with Crippen molar-refractivity contribution in [3.8, 4) is 11.8 Å². The normalized spacial score (nSPS) is 9.69. The predicted octanol–water partition coefficient (Wildman–Crippen LogP) is 1.95. The number of benzene rings is 2. The molecule has 2 aromatic rings. The zero-order chi connectivity index (χ0) is 18.9. The summed E-state index contributed by atoms with van der Waals surface area (Å²) >= 11 is 1.00. The molecule has 0 radical (unpaired) electrons. The topological polar surface area (TPSA) is 115 Å². The van der Waals surface area contributed by atoms with E-state index in [1.807, 2.05) is 30.3 Å². The zero-order valence-electron chi connectivity index (χ0n) is 13.6. The summed E-state index contributed by atoms with van der Waals surface area (Å²) in [7, 11) is 0. The smallest absolute Gasteiger partial charge is 0.283 e. The number of nitro benzene ring substituents is 1. The Kier molecular flexibility index (Phi) is 6.76. The van der Waals surface area contributed by atoms with Gasteiger partial charge < -0.3 is 11.1 Å². The summed E-state index contributed by atoms with van der Waals surface area (Å²) < 4.78 is 0. The largest absolute Gasteiger partial charge is 0.366 e. The molecule has 0 unspecified atom stereocenters. The van der Waals surface area contributed by atoms with Gasteiger partial charge in [0.2, 0.25) is 11.8 Å². The first kappa shape index (κ1) is 19.0. The molecule has 26 heavy (non-hydrogen) atoms. The van der Waals surface area contributed by atoms with Gasteiger partial charge in [-0.25, -0.2) is 0 Å². The minimum Gasteiger partial charge on any atom is -0.366 e. The molecule has 8 heteroatoms. The second kappa shape index (κ2) is 9.25. The van der Waals surface area contributed by atoms with Crippen molar-refractivity contribution >= 4 is 29.3 Å². The molecule has 2 rings (SSSR count). The molecule has 2 amide bonds. The van der Waals surface area contributed by atoms with Crippen LogP contribution in [0.4, 0.5) is 5.69 Å². The molecule has 0 spiro atoms. The van der Waals surface area contributed by atoms with Gasteiger partial charge in [0.05, 0.1) is 22.1 Å². The van der Waals surface area contributed by atoms with Crippen molar-refractivity contribution < 1.29 is 14.5 Å². The number of thioether (sulfide) groups is 1. The molecule has 7 nitrogen and oxygen atoms in total. The van der Waals surface area contributed by atoms with Crippen LogP contribution in [0.5, 0.6) is 0 Å². The molecule has 0 aliphatic rings. The number of nitro groups is 1. The molecule has 132 valence electrons. The third-order valence-electron chi connectivity index (χ3n) is 3.18. The molecule has 0 aliphatic heterocycles. The van der Waals surface area contributed by atoms with E-state index >= 15 is 0 Å². The van der Waals surface area contributed by atoms with Crippen molar-refractivity contribution in [1.82, 2.24) is 5.32 Å². The fourth-order valence-corrected chi connectivity index (χ4v) is 2.77. The maximum absolute atomic E-state index is 11.8. The van der Waals surface area contributed by atoms with Crippen LogP contribution in [0.3, 0.4) is 0 Å². The number of nitrogens with one attached hydrogen (secondary N) is 1. The summed E-state index contributed by atoms with van der Waals surface area (Å²) in [6, 6.07) is 13.3. The first-order chi connectivity index (χ1) is 12.5. The number of amides is 2. The van der Waals surface area contributed by atoms with Crippen molar-refractivity contribution in [3.63, 3.8) is 0 Å². The Morgan fingerprint density at radius 3 is 2.58 bits per heavy atom. The monoisotopic (exact) mass is 369 g/mol. The van der Waals surface area contributed by atoms with Gasteiger partial charge in [-0.3, -0.25) is 19.7 Å². The van der Waals surface area contributed by atoms with Gasteiger partial charge in [-0.05, 0) is 24.3 Å². The first-order valence-corrected chi connectivity index (χ1v) is 8.47. The molecule has 0 atom stereocenters. The third kappa shape index (κ3) is 5.65. The molecule has 3 N–H and O–H groups in total. The Bertz CT molecular complexity index is 888. The molecule has 0 heterocycles. The number of hydrogen-bond acceptors (Lipinski definition) is 5. The molecule has 0 saturated carbocycles. The summed E-state index contributed by atoms with van der Waals surface area (Å²) in [5, 5.41) is 13.7. The van der Waals surface area contributed by atoms with Crippen LogP contribution >= 0.6 is 11.8 Å². The lowest BCUT2D eigenvalue weighted by molar-refractivity contribution is -0.387. The Morgan fingerprint density at radius 1 is 1.19 bits per heavy atom. The number of rotatable bonds is 6. The molecule has 0 bridgehead atoms. The average molecular weight is 369 g/mol. The highest BCUT2D eigenvalue weighted by Crippen LogP contribution is 2.29. The lowest BCUT2D eigenvalue weighted by Gasteiger charge is -2.04. The molecule has 0 aromatic heterocycles. The summed E-state index contributed by atoms with van der Waals surface area (Å²) in [5.74, 6) is 4.68. The van der Waals surface area contributed by atoms with Gasteiger partial charge >= 0.3 is 0 Å². The highest BCUT2D eigenvalue weighted by atomic mass is 32.2. The first-order valence-electron chi connectivity index (χ1n) is 7.49. The van der Waals surface area contributed by atoms with Crippen LogP contribution in [0, 0.1) is 22.0 Å². The number of carbonyl (C=O) groups is 2. The minimum absolute atomic E-state index is 0.0101. The summed E-state index contributed by atoms with van der Waals surface area (Å²) in [6.07, 6.45) is 0. The second-order valence-corrected chi connectivity index (χ2v) is 6.05. The standard InChI is InChI=1S/C18H15N3O4S/c19-18(23)14-8-9-16(15(11-14)21(24)25)26-12-17(22)20-10-4-7-13-5-2-1-3-6-13/h1-3,5-6,8-9,11H,10,12H2,(H2,19,23)(H,20,22). The van der Waals surface area contributed by atoms with Gasteiger partial charge in [-0.15, -0.1) is 11.8 Å². The maximum atomic E-state index is 11.8. The maximum Gasteiger partial charge on any atom is 0.283 e. The molecule has 0 saturated heterocycles. The Morgan fingerprint density at radius 2 is 1.92 bits per heavy atom.